The Labute approximate surface area is 65.9 Å². The Hall–Kier alpha value is -0.610. The van der Waals surface area contributed by atoms with Crippen molar-refractivity contribution in [3.63, 3.8) is 0 Å². The molecule has 0 rings (SSSR count). The second-order valence-electron chi connectivity index (χ2n) is 1.92. The number of nitrogens with two attached hydrogens (primary N) is 1. The highest BCUT2D eigenvalue weighted by Gasteiger charge is 1.99. The first-order valence-corrected chi connectivity index (χ1v) is 3.40. The van der Waals surface area contributed by atoms with E-state index in [-0.39, 0.29) is 5.11 Å². The number of hydrogen-bond donors (Lipinski definition) is 3. The van der Waals surface area contributed by atoms with Crippen molar-refractivity contribution in [2.45, 2.75) is 12.5 Å². The molecule has 4 heteroatoms. The lowest BCUT2D eigenvalue weighted by atomic mass is 10.2. The van der Waals surface area contributed by atoms with E-state index in [1.165, 1.54) is 0 Å². The highest BCUT2D eigenvalue weighted by atomic mass is 32.1. The van der Waals surface area contributed by atoms with Crippen LogP contribution in [0.4, 0.5) is 0 Å². The molecule has 0 aromatic heterocycles. The summed E-state index contributed by atoms with van der Waals surface area (Å²) in [6.45, 7) is 3.87. The van der Waals surface area contributed by atoms with Crippen LogP contribution < -0.4 is 11.1 Å². The van der Waals surface area contributed by atoms with Gasteiger partial charge >= 0.3 is 0 Å². The normalized spacial score (nSPS) is 12.1. The first kappa shape index (κ1) is 9.39. The number of aliphatic hydroxyl groups is 1. The van der Waals surface area contributed by atoms with Crippen LogP contribution in [0.1, 0.15) is 6.42 Å². The maximum absolute atomic E-state index is 9.05. The van der Waals surface area contributed by atoms with Crippen molar-refractivity contribution in [2.75, 3.05) is 6.54 Å². The van der Waals surface area contributed by atoms with Crippen LogP contribution in [-0.4, -0.2) is 22.9 Å². The minimum absolute atomic E-state index is 0.211. The lowest BCUT2D eigenvalue weighted by Crippen LogP contribution is -2.35. The second-order valence-corrected chi connectivity index (χ2v) is 2.36. The fraction of sp³-hybridized carbons (Fsp3) is 0.500. The van der Waals surface area contributed by atoms with E-state index >= 15 is 0 Å². The predicted octanol–water partition coefficient (Wildman–Crippen LogP) is -0.243. The monoisotopic (exact) mass is 160 g/mol. The van der Waals surface area contributed by atoms with Crippen molar-refractivity contribution >= 4 is 17.3 Å². The van der Waals surface area contributed by atoms with Gasteiger partial charge in [0.15, 0.2) is 5.11 Å². The van der Waals surface area contributed by atoms with E-state index in [0.717, 1.165) is 0 Å². The molecule has 4 N–H and O–H groups in total. The fourth-order valence-corrected chi connectivity index (χ4v) is 0.577. The molecule has 58 valence electrons. The van der Waals surface area contributed by atoms with Gasteiger partial charge in [-0.05, 0) is 18.6 Å². The molecular formula is C6H12N2OS. The zero-order valence-corrected chi connectivity index (χ0v) is 6.53. The second kappa shape index (κ2) is 5.20. The van der Waals surface area contributed by atoms with Gasteiger partial charge in [-0.3, -0.25) is 0 Å². The maximum atomic E-state index is 9.05. The Balaban J connectivity index is 3.29. The van der Waals surface area contributed by atoms with E-state index in [1.807, 2.05) is 0 Å². The van der Waals surface area contributed by atoms with Gasteiger partial charge in [-0.1, -0.05) is 6.08 Å². The van der Waals surface area contributed by atoms with E-state index in [1.54, 1.807) is 6.08 Å². The number of aliphatic hydroxyl groups excluding tert-OH is 1. The molecule has 1 unspecified atom stereocenters. The number of hydrogen-bond acceptors (Lipinski definition) is 2. The summed E-state index contributed by atoms with van der Waals surface area (Å²) in [6, 6.07) is 0. The molecule has 1 atom stereocenters. The van der Waals surface area contributed by atoms with Crippen molar-refractivity contribution < 1.29 is 5.11 Å². The van der Waals surface area contributed by atoms with Crippen LogP contribution in [0.2, 0.25) is 0 Å². The first-order chi connectivity index (χ1) is 4.66. The molecule has 0 saturated carbocycles. The van der Waals surface area contributed by atoms with Crippen LogP contribution in [0.5, 0.6) is 0 Å². The average molecular weight is 160 g/mol. The van der Waals surface area contributed by atoms with Crippen molar-refractivity contribution in [3.8, 4) is 0 Å². The van der Waals surface area contributed by atoms with Gasteiger partial charge in [-0.2, -0.15) is 0 Å². The highest BCUT2D eigenvalue weighted by Crippen LogP contribution is 1.88. The molecule has 0 fully saturated rings. The minimum atomic E-state index is -0.445. The van der Waals surface area contributed by atoms with E-state index in [0.29, 0.717) is 13.0 Å². The van der Waals surface area contributed by atoms with Gasteiger partial charge in [-0.25, -0.2) is 0 Å². The third kappa shape index (κ3) is 5.53. The molecule has 0 amide bonds. The Kier molecular flexibility index (Phi) is 4.88. The maximum Gasteiger partial charge on any atom is 0.163 e. The smallest absolute Gasteiger partial charge is 0.163 e. The number of nitrogens with one attached hydrogen (secondary N) is 1. The summed E-state index contributed by atoms with van der Waals surface area (Å²) in [5.74, 6) is 0. The summed E-state index contributed by atoms with van der Waals surface area (Å²) in [4.78, 5) is 0. The molecule has 0 aromatic rings. The molecule has 0 spiro atoms. The summed E-state index contributed by atoms with van der Waals surface area (Å²) in [5, 5.41) is 11.9. The van der Waals surface area contributed by atoms with Crippen LogP contribution in [-0.2, 0) is 0 Å². The van der Waals surface area contributed by atoms with Crippen molar-refractivity contribution in [2.24, 2.45) is 5.73 Å². The molecule has 0 aliphatic heterocycles. The highest BCUT2D eigenvalue weighted by molar-refractivity contribution is 7.80. The summed E-state index contributed by atoms with van der Waals surface area (Å²) in [7, 11) is 0. The van der Waals surface area contributed by atoms with E-state index < -0.39 is 6.10 Å². The van der Waals surface area contributed by atoms with Gasteiger partial charge in [0, 0.05) is 6.54 Å². The molecule has 0 aromatic carbocycles. The largest absolute Gasteiger partial charge is 0.391 e. The third-order valence-electron chi connectivity index (χ3n) is 0.951. The third-order valence-corrected chi connectivity index (χ3v) is 1.09. The van der Waals surface area contributed by atoms with Crippen LogP contribution in [0, 0.1) is 0 Å². The van der Waals surface area contributed by atoms with E-state index in [2.05, 4.69) is 24.1 Å². The van der Waals surface area contributed by atoms with E-state index in [9.17, 15) is 0 Å². The zero-order valence-electron chi connectivity index (χ0n) is 5.71. The first-order valence-electron chi connectivity index (χ1n) is 2.99. The molecular weight excluding hydrogens is 148 g/mol. The molecule has 0 aliphatic rings. The van der Waals surface area contributed by atoms with Gasteiger partial charge in [0.2, 0.25) is 0 Å². The van der Waals surface area contributed by atoms with Gasteiger partial charge in [-0.15, -0.1) is 6.58 Å². The Morgan fingerprint density at radius 1 is 1.90 bits per heavy atom. The zero-order chi connectivity index (χ0) is 7.98. The van der Waals surface area contributed by atoms with Gasteiger partial charge in [0.25, 0.3) is 0 Å². The van der Waals surface area contributed by atoms with Crippen LogP contribution >= 0.6 is 12.2 Å². The quantitative estimate of drug-likeness (QED) is 0.392. The summed E-state index contributed by atoms with van der Waals surface area (Å²) in [6.07, 6.45) is 1.75. The average Bonchev–Trinajstić information content (AvgIpc) is 1.85. The number of rotatable bonds is 4. The summed E-state index contributed by atoms with van der Waals surface area (Å²) in [5.41, 5.74) is 5.12. The Bertz CT molecular complexity index is 127. The van der Waals surface area contributed by atoms with Crippen molar-refractivity contribution in [1.29, 1.82) is 0 Å². The number of thiocarbonyl (C=S) groups is 1. The van der Waals surface area contributed by atoms with Crippen molar-refractivity contribution in [1.82, 2.24) is 5.32 Å². The fourth-order valence-electron chi connectivity index (χ4n) is 0.494. The van der Waals surface area contributed by atoms with Gasteiger partial charge < -0.3 is 16.2 Å². The summed E-state index contributed by atoms with van der Waals surface area (Å²) >= 11 is 4.53. The standard InChI is InChI=1S/C6H12N2OS/c1-2-3-5(9)4-8-6(7)10/h2,5,9H,1,3-4H2,(H3,7,8,10). The lowest BCUT2D eigenvalue weighted by molar-refractivity contribution is 0.181. The molecule has 3 nitrogen and oxygen atoms in total. The van der Waals surface area contributed by atoms with E-state index in [4.69, 9.17) is 10.8 Å². The topological polar surface area (TPSA) is 58.3 Å². The van der Waals surface area contributed by atoms with Gasteiger partial charge in [0.05, 0.1) is 6.10 Å². The van der Waals surface area contributed by atoms with Crippen molar-refractivity contribution in [3.05, 3.63) is 12.7 Å². The molecule has 0 saturated heterocycles. The predicted molar refractivity (Wildman–Crippen MR) is 45.6 cm³/mol. The Morgan fingerprint density at radius 3 is 2.90 bits per heavy atom. The van der Waals surface area contributed by atoms with Gasteiger partial charge in [0.1, 0.15) is 0 Å². The SMILES string of the molecule is C=CCC(O)CNC(N)=S. The molecule has 0 heterocycles. The summed E-state index contributed by atoms with van der Waals surface area (Å²) < 4.78 is 0. The molecule has 10 heavy (non-hydrogen) atoms. The molecule has 0 radical (unpaired) electrons. The molecule has 0 aliphatic carbocycles. The lowest BCUT2D eigenvalue weighted by Gasteiger charge is -2.08. The van der Waals surface area contributed by atoms with Crippen LogP contribution in [0.15, 0.2) is 12.7 Å². The molecule has 0 bridgehead atoms. The minimum Gasteiger partial charge on any atom is -0.391 e. The Morgan fingerprint density at radius 2 is 2.50 bits per heavy atom. The van der Waals surface area contributed by atoms with Crippen LogP contribution in [0.25, 0.3) is 0 Å². The van der Waals surface area contributed by atoms with Crippen LogP contribution in [0.3, 0.4) is 0 Å².